The number of hydrogen-bond acceptors (Lipinski definition) is 3. The molecule has 0 saturated carbocycles. The van der Waals surface area contributed by atoms with Crippen molar-refractivity contribution in [1.82, 2.24) is 0 Å². The highest BCUT2D eigenvalue weighted by Gasteiger charge is 2.34. The van der Waals surface area contributed by atoms with Crippen LogP contribution in [-0.4, -0.2) is 31.2 Å². The van der Waals surface area contributed by atoms with Crippen molar-refractivity contribution in [2.24, 2.45) is 5.41 Å². The molecule has 0 aromatic heterocycles. The first-order chi connectivity index (χ1) is 8.66. The Labute approximate surface area is 112 Å². The Morgan fingerprint density at radius 2 is 1.72 bits per heavy atom. The molecule has 0 bridgehead atoms. The summed E-state index contributed by atoms with van der Waals surface area (Å²) in [6.45, 7) is 6.51. The summed E-state index contributed by atoms with van der Waals surface area (Å²) < 4.78 is 10.6. The summed E-state index contributed by atoms with van der Waals surface area (Å²) in [4.78, 5) is 0. The van der Waals surface area contributed by atoms with Gasteiger partial charge < -0.3 is 14.6 Å². The molecule has 1 saturated heterocycles. The minimum Gasteiger partial charge on any atom is -0.380 e. The number of hydrogen-bond donors (Lipinski definition) is 1. The van der Waals surface area contributed by atoms with E-state index >= 15 is 0 Å². The summed E-state index contributed by atoms with van der Waals surface area (Å²) in [7, 11) is 0. The van der Waals surface area contributed by atoms with Gasteiger partial charge in [-0.1, -0.05) is 52.4 Å². The molecule has 1 aliphatic heterocycles. The lowest BCUT2D eigenvalue weighted by Crippen LogP contribution is -2.44. The average Bonchev–Trinajstić information content (AvgIpc) is 2.33. The molecule has 0 amide bonds. The van der Waals surface area contributed by atoms with Crippen LogP contribution >= 0.6 is 0 Å². The van der Waals surface area contributed by atoms with Crippen molar-refractivity contribution < 1.29 is 14.6 Å². The molecule has 0 aromatic carbocycles. The molecule has 1 atom stereocenters. The normalized spacial score (nSPS) is 19.5. The van der Waals surface area contributed by atoms with Crippen molar-refractivity contribution in [2.75, 3.05) is 19.8 Å². The zero-order valence-electron chi connectivity index (χ0n) is 12.1. The van der Waals surface area contributed by atoms with Crippen LogP contribution in [0.1, 0.15) is 65.2 Å². The molecule has 1 unspecified atom stereocenters. The molecule has 0 radical (unpaired) electrons. The summed E-state index contributed by atoms with van der Waals surface area (Å²) in [5.41, 5.74) is 0.140. The van der Waals surface area contributed by atoms with Crippen LogP contribution in [-0.2, 0) is 9.47 Å². The van der Waals surface area contributed by atoms with Crippen LogP contribution in [0.3, 0.4) is 0 Å². The van der Waals surface area contributed by atoms with Crippen molar-refractivity contribution in [3.05, 3.63) is 0 Å². The van der Waals surface area contributed by atoms with E-state index in [1.807, 2.05) is 0 Å². The van der Waals surface area contributed by atoms with Crippen LogP contribution in [0, 0.1) is 5.41 Å². The first-order valence-electron chi connectivity index (χ1n) is 7.54. The summed E-state index contributed by atoms with van der Waals surface area (Å²) in [5.74, 6) is 0. The Hall–Kier alpha value is -0.120. The van der Waals surface area contributed by atoms with E-state index in [9.17, 15) is 5.11 Å². The van der Waals surface area contributed by atoms with Crippen molar-refractivity contribution in [3.8, 4) is 0 Å². The molecule has 1 fully saturated rings. The van der Waals surface area contributed by atoms with Gasteiger partial charge in [0, 0.05) is 5.41 Å². The van der Waals surface area contributed by atoms with Gasteiger partial charge >= 0.3 is 0 Å². The Morgan fingerprint density at radius 1 is 1.11 bits per heavy atom. The maximum Gasteiger partial charge on any atom is 0.154 e. The summed E-state index contributed by atoms with van der Waals surface area (Å²) in [5, 5.41) is 9.71. The smallest absolute Gasteiger partial charge is 0.154 e. The molecule has 0 spiro atoms. The van der Waals surface area contributed by atoms with Gasteiger partial charge in [-0.2, -0.15) is 0 Å². The van der Waals surface area contributed by atoms with Gasteiger partial charge in [-0.15, -0.1) is 0 Å². The molecule has 0 aliphatic carbocycles. The number of unbranched alkanes of at least 4 members (excludes halogenated alkanes) is 6. The number of aliphatic hydroxyl groups is 1. The highest BCUT2D eigenvalue weighted by molar-refractivity contribution is 4.80. The minimum absolute atomic E-state index is 0.140. The first kappa shape index (κ1) is 15.9. The fourth-order valence-electron chi connectivity index (χ4n) is 2.19. The maximum atomic E-state index is 9.71. The highest BCUT2D eigenvalue weighted by atomic mass is 16.6. The van der Waals surface area contributed by atoms with E-state index in [0.29, 0.717) is 6.61 Å². The van der Waals surface area contributed by atoms with E-state index in [-0.39, 0.29) is 5.41 Å². The van der Waals surface area contributed by atoms with Crippen molar-refractivity contribution in [3.63, 3.8) is 0 Å². The number of ether oxygens (including phenoxy) is 2. The minimum atomic E-state index is -0.585. The van der Waals surface area contributed by atoms with Crippen molar-refractivity contribution in [2.45, 2.75) is 71.5 Å². The van der Waals surface area contributed by atoms with Crippen LogP contribution in [0.25, 0.3) is 0 Å². The van der Waals surface area contributed by atoms with Crippen LogP contribution in [0.15, 0.2) is 0 Å². The average molecular weight is 258 g/mol. The Kier molecular flexibility index (Phi) is 7.87. The molecule has 3 nitrogen and oxygen atoms in total. The van der Waals surface area contributed by atoms with Crippen LogP contribution < -0.4 is 0 Å². The molecule has 1 aliphatic rings. The predicted octanol–water partition coefficient (Wildman–Crippen LogP) is 3.50. The summed E-state index contributed by atoms with van der Waals surface area (Å²) in [6.07, 6.45) is 9.10. The molecular formula is C15H30O3. The largest absolute Gasteiger partial charge is 0.380 e. The SMILES string of the molecule is CCCCCCCCCC(O)OCC1(C)COC1. The summed E-state index contributed by atoms with van der Waals surface area (Å²) in [6, 6.07) is 0. The van der Waals surface area contributed by atoms with E-state index < -0.39 is 6.29 Å². The van der Waals surface area contributed by atoms with E-state index in [1.165, 1.54) is 38.5 Å². The first-order valence-corrected chi connectivity index (χ1v) is 7.54. The predicted molar refractivity (Wildman–Crippen MR) is 73.5 cm³/mol. The lowest BCUT2D eigenvalue weighted by Gasteiger charge is -2.38. The standard InChI is InChI=1S/C15H30O3/c1-3-4-5-6-7-8-9-10-14(16)18-13-15(2)11-17-12-15/h14,16H,3-13H2,1-2H3. The third-order valence-electron chi connectivity index (χ3n) is 3.58. The second kappa shape index (κ2) is 8.89. The second-order valence-corrected chi connectivity index (χ2v) is 5.98. The molecule has 1 heterocycles. The van der Waals surface area contributed by atoms with E-state index in [1.54, 1.807) is 0 Å². The lowest BCUT2D eigenvalue weighted by molar-refractivity contribution is -0.186. The van der Waals surface area contributed by atoms with Gasteiger partial charge in [-0.05, 0) is 12.8 Å². The molecule has 0 aromatic rings. The van der Waals surface area contributed by atoms with Gasteiger partial charge in [-0.3, -0.25) is 0 Å². The monoisotopic (exact) mass is 258 g/mol. The molecule has 1 rings (SSSR count). The van der Waals surface area contributed by atoms with Gasteiger partial charge in [-0.25, -0.2) is 0 Å². The molecule has 3 heteroatoms. The fraction of sp³-hybridized carbons (Fsp3) is 1.00. The Balaban J connectivity index is 1.86. The maximum absolute atomic E-state index is 9.71. The summed E-state index contributed by atoms with van der Waals surface area (Å²) >= 11 is 0. The Bertz CT molecular complexity index is 202. The molecular weight excluding hydrogens is 228 g/mol. The quantitative estimate of drug-likeness (QED) is 0.455. The van der Waals surface area contributed by atoms with Crippen LogP contribution in [0.2, 0.25) is 0 Å². The second-order valence-electron chi connectivity index (χ2n) is 5.98. The third kappa shape index (κ3) is 6.72. The Morgan fingerprint density at radius 3 is 2.28 bits per heavy atom. The number of aliphatic hydroxyl groups excluding tert-OH is 1. The topological polar surface area (TPSA) is 38.7 Å². The zero-order valence-corrected chi connectivity index (χ0v) is 12.1. The van der Waals surface area contributed by atoms with Gasteiger partial charge in [0.25, 0.3) is 0 Å². The van der Waals surface area contributed by atoms with E-state index in [0.717, 1.165) is 26.1 Å². The number of rotatable bonds is 11. The highest BCUT2D eigenvalue weighted by Crippen LogP contribution is 2.27. The van der Waals surface area contributed by atoms with Gasteiger partial charge in [0.2, 0.25) is 0 Å². The van der Waals surface area contributed by atoms with Gasteiger partial charge in [0.15, 0.2) is 6.29 Å². The lowest BCUT2D eigenvalue weighted by atomic mass is 9.90. The molecule has 18 heavy (non-hydrogen) atoms. The van der Waals surface area contributed by atoms with Crippen molar-refractivity contribution in [1.29, 1.82) is 0 Å². The fourth-order valence-corrected chi connectivity index (χ4v) is 2.19. The zero-order chi connectivity index (χ0) is 13.3. The van der Waals surface area contributed by atoms with Crippen molar-refractivity contribution >= 4 is 0 Å². The van der Waals surface area contributed by atoms with Gasteiger partial charge in [0.1, 0.15) is 0 Å². The van der Waals surface area contributed by atoms with E-state index in [2.05, 4.69) is 13.8 Å². The third-order valence-corrected chi connectivity index (χ3v) is 3.58. The van der Waals surface area contributed by atoms with Crippen LogP contribution in [0.5, 0.6) is 0 Å². The molecule has 108 valence electrons. The van der Waals surface area contributed by atoms with E-state index in [4.69, 9.17) is 9.47 Å². The van der Waals surface area contributed by atoms with Gasteiger partial charge in [0.05, 0.1) is 19.8 Å². The van der Waals surface area contributed by atoms with Crippen LogP contribution in [0.4, 0.5) is 0 Å². The molecule has 1 N–H and O–H groups in total.